The molecule has 1 saturated carbocycles. The summed E-state index contributed by atoms with van der Waals surface area (Å²) in [5, 5.41) is 6.12. The first-order valence-electron chi connectivity index (χ1n) is 9.62. The number of urea groups is 1. The van der Waals surface area contributed by atoms with Crippen LogP contribution >= 0.6 is 0 Å². The minimum absolute atomic E-state index is 0.113. The molecule has 4 rings (SSSR count). The molecule has 3 amide bonds. The lowest BCUT2D eigenvalue weighted by molar-refractivity contribution is -0.118. The summed E-state index contributed by atoms with van der Waals surface area (Å²) >= 11 is 0. The predicted octanol–water partition coefficient (Wildman–Crippen LogP) is 4.05. The molecule has 1 aliphatic carbocycles. The van der Waals surface area contributed by atoms with Gasteiger partial charge in [0.15, 0.2) is 0 Å². The fourth-order valence-corrected chi connectivity index (χ4v) is 4.29. The number of hydrogen-bond acceptors (Lipinski definition) is 2. The smallest absolute Gasteiger partial charge is 0.319 e. The van der Waals surface area contributed by atoms with E-state index in [0.717, 1.165) is 36.2 Å². The van der Waals surface area contributed by atoms with E-state index in [1.54, 1.807) is 11.9 Å². The maximum absolute atomic E-state index is 12.5. The fraction of sp³-hybridized carbons (Fsp3) is 0.364. The van der Waals surface area contributed by atoms with E-state index in [0.29, 0.717) is 18.8 Å². The van der Waals surface area contributed by atoms with Gasteiger partial charge in [0.2, 0.25) is 5.91 Å². The summed E-state index contributed by atoms with van der Waals surface area (Å²) in [5.41, 5.74) is 4.06. The Morgan fingerprint density at radius 3 is 2.67 bits per heavy atom. The Balaban J connectivity index is 1.39. The SMILES string of the molecule is CN1C(=O)CCc2c(NC(=O)N[C@@H]3CC[C@H](c4ccccc4)C3)cccc21. The molecule has 2 N–H and O–H groups in total. The minimum Gasteiger partial charge on any atom is -0.335 e. The van der Waals surface area contributed by atoms with E-state index >= 15 is 0 Å². The summed E-state index contributed by atoms with van der Waals surface area (Å²) in [6.45, 7) is 0. The minimum atomic E-state index is -0.165. The van der Waals surface area contributed by atoms with Crippen molar-refractivity contribution in [2.24, 2.45) is 0 Å². The Labute approximate surface area is 159 Å². The molecule has 2 aromatic rings. The standard InChI is InChI=1S/C22H25N3O2/c1-25-20-9-5-8-19(18(20)12-13-21(25)26)24-22(27)23-17-11-10-16(14-17)15-6-3-2-4-7-15/h2-9,16-17H,10-14H2,1H3,(H2,23,24,27)/t16-,17+/m0/s1. The Morgan fingerprint density at radius 2 is 1.85 bits per heavy atom. The number of anilines is 2. The van der Waals surface area contributed by atoms with Gasteiger partial charge in [0.1, 0.15) is 0 Å². The second-order valence-corrected chi connectivity index (χ2v) is 7.47. The van der Waals surface area contributed by atoms with Crippen molar-refractivity contribution < 1.29 is 9.59 Å². The van der Waals surface area contributed by atoms with E-state index in [1.807, 2.05) is 24.3 Å². The zero-order chi connectivity index (χ0) is 18.8. The van der Waals surface area contributed by atoms with E-state index < -0.39 is 0 Å². The highest BCUT2D eigenvalue weighted by molar-refractivity contribution is 5.99. The number of nitrogens with zero attached hydrogens (tertiary/aromatic N) is 1. The van der Waals surface area contributed by atoms with Crippen molar-refractivity contribution in [2.75, 3.05) is 17.3 Å². The van der Waals surface area contributed by atoms with Gasteiger partial charge in [-0.25, -0.2) is 4.79 Å². The summed E-state index contributed by atoms with van der Waals surface area (Å²) in [5.74, 6) is 0.627. The molecule has 2 aliphatic rings. The number of nitrogens with one attached hydrogen (secondary N) is 2. The van der Waals surface area contributed by atoms with Gasteiger partial charge in [-0.3, -0.25) is 4.79 Å². The molecule has 0 spiro atoms. The van der Waals surface area contributed by atoms with Crippen molar-refractivity contribution in [1.82, 2.24) is 5.32 Å². The molecule has 1 heterocycles. The molecular formula is C22H25N3O2. The van der Waals surface area contributed by atoms with Gasteiger partial charge in [0.25, 0.3) is 0 Å². The summed E-state index contributed by atoms with van der Waals surface area (Å²) in [6.07, 6.45) is 4.21. The van der Waals surface area contributed by atoms with Crippen LogP contribution in [-0.2, 0) is 11.2 Å². The van der Waals surface area contributed by atoms with Gasteiger partial charge in [-0.2, -0.15) is 0 Å². The van der Waals surface area contributed by atoms with Crippen molar-refractivity contribution in [3.63, 3.8) is 0 Å². The van der Waals surface area contributed by atoms with E-state index in [1.165, 1.54) is 5.56 Å². The van der Waals surface area contributed by atoms with Gasteiger partial charge >= 0.3 is 6.03 Å². The Hall–Kier alpha value is -2.82. The molecule has 2 atom stereocenters. The van der Waals surface area contributed by atoms with Crippen molar-refractivity contribution in [3.8, 4) is 0 Å². The average Bonchev–Trinajstić information content (AvgIpc) is 3.14. The second kappa shape index (κ2) is 7.43. The van der Waals surface area contributed by atoms with Gasteiger partial charge in [-0.05, 0) is 54.9 Å². The number of amides is 3. The zero-order valence-electron chi connectivity index (χ0n) is 15.6. The summed E-state index contributed by atoms with van der Waals surface area (Å²) < 4.78 is 0. The topological polar surface area (TPSA) is 61.4 Å². The van der Waals surface area contributed by atoms with Crippen molar-refractivity contribution in [2.45, 2.75) is 44.1 Å². The number of carbonyl (C=O) groups is 2. The third-order valence-corrected chi connectivity index (χ3v) is 5.76. The van der Waals surface area contributed by atoms with Crippen LogP contribution in [0, 0.1) is 0 Å². The fourth-order valence-electron chi connectivity index (χ4n) is 4.29. The highest BCUT2D eigenvalue weighted by Gasteiger charge is 2.28. The lowest BCUT2D eigenvalue weighted by Crippen LogP contribution is -2.37. The summed E-state index contributed by atoms with van der Waals surface area (Å²) in [7, 11) is 1.78. The first-order chi connectivity index (χ1) is 13.1. The molecule has 140 valence electrons. The molecule has 0 unspecified atom stereocenters. The van der Waals surface area contributed by atoms with E-state index in [2.05, 4.69) is 34.9 Å². The van der Waals surface area contributed by atoms with Crippen LogP contribution in [0.15, 0.2) is 48.5 Å². The molecule has 1 fully saturated rings. The van der Waals surface area contributed by atoms with Crippen LogP contribution in [-0.4, -0.2) is 25.0 Å². The van der Waals surface area contributed by atoms with Crippen LogP contribution < -0.4 is 15.5 Å². The summed E-state index contributed by atoms with van der Waals surface area (Å²) in [4.78, 5) is 26.1. The number of benzene rings is 2. The Morgan fingerprint density at radius 1 is 1.04 bits per heavy atom. The first kappa shape index (κ1) is 17.6. The van der Waals surface area contributed by atoms with Crippen LogP contribution in [0.3, 0.4) is 0 Å². The van der Waals surface area contributed by atoms with Crippen LogP contribution in [0.25, 0.3) is 0 Å². The molecule has 5 nitrogen and oxygen atoms in total. The first-order valence-corrected chi connectivity index (χ1v) is 9.62. The van der Waals surface area contributed by atoms with Crippen molar-refractivity contribution in [1.29, 1.82) is 0 Å². The van der Waals surface area contributed by atoms with Gasteiger partial charge in [-0.15, -0.1) is 0 Å². The molecule has 0 aromatic heterocycles. The van der Waals surface area contributed by atoms with Crippen LogP contribution in [0.5, 0.6) is 0 Å². The molecule has 0 bridgehead atoms. The van der Waals surface area contributed by atoms with Crippen LogP contribution in [0.1, 0.15) is 42.7 Å². The van der Waals surface area contributed by atoms with E-state index in [-0.39, 0.29) is 18.0 Å². The molecule has 1 aliphatic heterocycles. The van der Waals surface area contributed by atoms with E-state index in [4.69, 9.17) is 0 Å². The van der Waals surface area contributed by atoms with Gasteiger partial charge in [0.05, 0.1) is 0 Å². The highest BCUT2D eigenvalue weighted by atomic mass is 16.2. The van der Waals surface area contributed by atoms with Crippen LogP contribution in [0.4, 0.5) is 16.2 Å². The Kier molecular flexibility index (Phi) is 4.84. The normalized spacial score (nSPS) is 21.7. The Bertz CT molecular complexity index is 850. The van der Waals surface area contributed by atoms with E-state index in [9.17, 15) is 9.59 Å². The average molecular weight is 363 g/mol. The quantitative estimate of drug-likeness (QED) is 0.864. The number of rotatable bonds is 3. The lowest BCUT2D eigenvalue weighted by Gasteiger charge is -2.27. The van der Waals surface area contributed by atoms with Crippen molar-refractivity contribution >= 4 is 23.3 Å². The zero-order valence-corrected chi connectivity index (χ0v) is 15.6. The van der Waals surface area contributed by atoms with Crippen LogP contribution in [0.2, 0.25) is 0 Å². The molecule has 27 heavy (non-hydrogen) atoms. The monoisotopic (exact) mass is 363 g/mol. The molecule has 0 radical (unpaired) electrons. The number of carbonyl (C=O) groups excluding carboxylic acids is 2. The number of hydrogen-bond donors (Lipinski definition) is 2. The van der Waals surface area contributed by atoms with Gasteiger partial charge < -0.3 is 15.5 Å². The molecule has 5 heteroatoms. The molecule has 2 aromatic carbocycles. The van der Waals surface area contributed by atoms with Gasteiger partial charge in [-0.1, -0.05) is 36.4 Å². The summed E-state index contributed by atoms with van der Waals surface area (Å²) in [6, 6.07) is 16.3. The maximum atomic E-state index is 12.5. The largest absolute Gasteiger partial charge is 0.335 e. The maximum Gasteiger partial charge on any atom is 0.319 e. The van der Waals surface area contributed by atoms with Gasteiger partial charge in [0, 0.05) is 30.9 Å². The van der Waals surface area contributed by atoms with Crippen molar-refractivity contribution in [3.05, 3.63) is 59.7 Å². The number of fused-ring (bicyclic) bond motifs is 1. The highest BCUT2D eigenvalue weighted by Crippen LogP contribution is 2.35. The lowest BCUT2D eigenvalue weighted by atomic mass is 9.98. The third kappa shape index (κ3) is 3.68. The molecule has 0 saturated heterocycles. The molecular weight excluding hydrogens is 338 g/mol. The third-order valence-electron chi connectivity index (χ3n) is 5.76. The predicted molar refractivity (Wildman–Crippen MR) is 107 cm³/mol. The second-order valence-electron chi connectivity index (χ2n) is 7.47.